The van der Waals surface area contributed by atoms with Gasteiger partial charge in [0.1, 0.15) is 0 Å². The van der Waals surface area contributed by atoms with Crippen molar-refractivity contribution in [2.24, 2.45) is 0 Å². The standard InChI is InChI=1S/C12H12N2O2S/c1-2-16-12(15)11-10(17-14-13-11)8-9-6-4-3-5-7-9/h3-7H,2,8H2,1H3. The zero-order valence-electron chi connectivity index (χ0n) is 9.42. The van der Waals surface area contributed by atoms with Crippen molar-refractivity contribution < 1.29 is 9.53 Å². The van der Waals surface area contributed by atoms with Gasteiger partial charge in [-0.25, -0.2) is 4.79 Å². The van der Waals surface area contributed by atoms with Crippen molar-refractivity contribution in [3.63, 3.8) is 0 Å². The van der Waals surface area contributed by atoms with Crippen LogP contribution in [0.25, 0.3) is 0 Å². The van der Waals surface area contributed by atoms with Crippen molar-refractivity contribution in [3.8, 4) is 0 Å². The topological polar surface area (TPSA) is 52.1 Å². The van der Waals surface area contributed by atoms with E-state index in [9.17, 15) is 4.79 Å². The Bertz CT molecular complexity index is 496. The summed E-state index contributed by atoms with van der Waals surface area (Å²) in [5, 5.41) is 3.82. The van der Waals surface area contributed by atoms with E-state index < -0.39 is 5.97 Å². The molecular weight excluding hydrogens is 236 g/mol. The van der Waals surface area contributed by atoms with Gasteiger partial charge in [-0.1, -0.05) is 34.8 Å². The van der Waals surface area contributed by atoms with Crippen molar-refractivity contribution >= 4 is 17.5 Å². The van der Waals surface area contributed by atoms with Gasteiger partial charge < -0.3 is 4.74 Å². The van der Waals surface area contributed by atoms with E-state index in [1.165, 1.54) is 11.5 Å². The third kappa shape index (κ3) is 2.88. The maximum absolute atomic E-state index is 11.6. The fourth-order valence-electron chi connectivity index (χ4n) is 1.46. The lowest BCUT2D eigenvalue weighted by molar-refractivity contribution is 0.0518. The van der Waals surface area contributed by atoms with Crippen LogP contribution in [-0.2, 0) is 11.2 Å². The van der Waals surface area contributed by atoms with Gasteiger partial charge in [0.25, 0.3) is 0 Å². The van der Waals surface area contributed by atoms with Gasteiger partial charge in [0.05, 0.1) is 11.5 Å². The van der Waals surface area contributed by atoms with E-state index in [0.717, 1.165) is 10.4 Å². The molecule has 0 aliphatic rings. The molecule has 0 N–H and O–H groups in total. The predicted octanol–water partition coefficient (Wildman–Crippen LogP) is 2.31. The highest BCUT2D eigenvalue weighted by Crippen LogP contribution is 2.16. The van der Waals surface area contributed by atoms with Crippen molar-refractivity contribution in [1.82, 2.24) is 9.59 Å². The Morgan fingerprint density at radius 1 is 1.35 bits per heavy atom. The van der Waals surface area contributed by atoms with Crippen molar-refractivity contribution in [2.45, 2.75) is 13.3 Å². The second-order valence-corrected chi connectivity index (χ2v) is 4.27. The fourth-order valence-corrected chi connectivity index (χ4v) is 2.12. The summed E-state index contributed by atoms with van der Waals surface area (Å²) in [7, 11) is 0. The predicted molar refractivity (Wildman–Crippen MR) is 65.1 cm³/mol. The summed E-state index contributed by atoms with van der Waals surface area (Å²) in [6, 6.07) is 9.91. The van der Waals surface area contributed by atoms with Gasteiger partial charge in [0.2, 0.25) is 0 Å². The molecule has 0 aliphatic carbocycles. The number of ether oxygens (including phenoxy) is 1. The fraction of sp³-hybridized carbons (Fsp3) is 0.250. The van der Waals surface area contributed by atoms with Crippen LogP contribution in [-0.4, -0.2) is 22.2 Å². The molecule has 5 heteroatoms. The monoisotopic (exact) mass is 248 g/mol. The zero-order chi connectivity index (χ0) is 12.1. The highest BCUT2D eigenvalue weighted by atomic mass is 32.1. The van der Waals surface area contributed by atoms with Crippen LogP contribution >= 0.6 is 11.5 Å². The van der Waals surface area contributed by atoms with Crippen LogP contribution < -0.4 is 0 Å². The lowest BCUT2D eigenvalue weighted by atomic mass is 10.1. The molecule has 0 unspecified atom stereocenters. The molecule has 0 spiro atoms. The SMILES string of the molecule is CCOC(=O)c1nnsc1Cc1ccccc1. The van der Waals surface area contributed by atoms with Gasteiger partial charge in [-0.15, -0.1) is 5.10 Å². The molecule has 2 rings (SSSR count). The molecule has 0 saturated heterocycles. The molecule has 0 aliphatic heterocycles. The number of aromatic nitrogens is 2. The quantitative estimate of drug-likeness (QED) is 0.779. The molecule has 17 heavy (non-hydrogen) atoms. The summed E-state index contributed by atoms with van der Waals surface area (Å²) >= 11 is 1.24. The van der Waals surface area contributed by atoms with Gasteiger partial charge in [-0.3, -0.25) is 0 Å². The normalized spacial score (nSPS) is 10.2. The van der Waals surface area contributed by atoms with E-state index in [1.54, 1.807) is 6.92 Å². The average molecular weight is 248 g/mol. The summed E-state index contributed by atoms with van der Waals surface area (Å²) in [5.74, 6) is -0.396. The average Bonchev–Trinajstić information content (AvgIpc) is 2.79. The molecule has 1 heterocycles. The molecule has 0 amide bonds. The highest BCUT2D eigenvalue weighted by molar-refractivity contribution is 7.05. The Hall–Kier alpha value is -1.75. The lowest BCUT2D eigenvalue weighted by Gasteiger charge is -2.01. The summed E-state index contributed by atoms with van der Waals surface area (Å²) in [6.07, 6.45) is 0.659. The van der Waals surface area contributed by atoms with Crippen LogP contribution in [0.4, 0.5) is 0 Å². The van der Waals surface area contributed by atoms with Gasteiger partial charge in [0.15, 0.2) is 5.69 Å². The number of carbonyl (C=O) groups is 1. The highest BCUT2D eigenvalue weighted by Gasteiger charge is 2.17. The first kappa shape index (κ1) is 11.7. The van der Waals surface area contributed by atoms with Crippen LogP contribution in [0.5, 0.6) is 0 Å². The molecule has 4 nitrogen and oxygen atoms in total. The molecule has 0 saturated carbocycles. The van der Waals surface area contributed by atoms with Crippen LogP contribution in [0.2, 0.25) is 0 Å². The van der Waals surface area contributed by atoms with E-state index in [-0.39, 0.29) is 0 Å². The van der Waals surface area contributed by atoms with E-state index in [0.29, 0.717) is 18.7 Å². The molecule has 1 aromatic carbocycles. The first-order chi connectivity index (χ1) is 8.31. The number of esters is 1. The zero-order valence-corrected chi connectivity index (χ0v) is 10.2. The number of rotatable bonds is 4. The number of hydrogen-bond donors (Lipinski definition) is 0. The molecule has 0 bridgehead atoms. The summed E-state index contributed by atoms with van der Waals surface area (Å²) in [5.41, 5.74) is 1.46. The van der Waals surface area contributed by atoms with Crippen molar-refractivity contribution in [1.29, 1.82) is 0 Å². The van der Waals surface area contributed by atoms with Crippen LogP contribution in [0.1, 0.15) is 27.9 Å². The van der Waals surface area contributed by atoms with Gasteiger partial charge >= 0.3 is 5.97 Å². The third-order valence-electron chi connectivity index (χ3n) is 2.23. The van der Waals surface area contributed by atoms with Crippen LogP contribution in [0, 0.1) is 0 Å². The maximum atomic E-state index is 11.6. The Kier molecular flexibility index (Phi) is 3.82. The second kappa shape index (κ2) is 5.54. The molecule has 88 valence electrons. The number of benzene rings is 1. The van der Waals surface area contributed by atoms with E-state index in [1.807, 2.05) is 30.3 Å². The Morgan fingerprint density at radius 3 is 2.82 bits per heavy atom. The van der Waals surface area contributed by atoms with Gasteiger partial charge in [-0.05, 0) is 24.0 Å². The van der Waals surface area contributed by atoms with E-state index in [4.69, 9.17) is 4.74 Å². The summed E-state index contributed by atoms with van der Waals surface area (Å²) in [4.78, 5) is 12.4. The number of hydrogen-bond acceptors (Lipinski definition) is 5. The van der Waals surface area contributed by atoms with E-state index >= 15 is 0 Å². The van der Waals surface area contributed by atoms with E-state index in [2.05, 4.69) is 9.59 Å². The summed E-state index contributed by atoms with van der Waals surface area (Å²) < 4.78 is 8.74. The minimum atomic E-state index is -0.396. The Labute approximate surface area is 103 Å². The Balaban J connectivity index is 2.17. The molecular formula is C12H12N2O2S. The van der Waals surface area contributed by atoms with Crippen LogP contribution in [0.3, 0.4) is 0 Å². The maximum Gasteiger partial charge on any atom is 0.360 e. The smallest absolute Gasteiger partial charge is 0.360 e. The Morgan fingerprint density at radius 2 is 2.12 bits per heavy atom. The third-order valence-corrected chi connectivity index (χ3v) is 2.95. The molecule has 2 aromatic rings. The second-order valence-electron chi connectivity index (χ2n) is 3.43. The van der Waals surface area contributed by atoms with Gasteiger partial charge in [0, 0.05) is 6.42 Å². The molecule has 1 aromatic heterocycles. The van der Waals surface area contributed by atoms with Crippen molar-refractivity contribution in [2.75, 3.05) is 6.61 Å². The van der Waals surface area contributed by atoms with Gasteiger partial charge in [-0.2, -0.15) is 0 Å². The molecule has 0 atom stereocenters. The minimum Gasteiger partial charge on any atom is -0.461 e. The van der Waals surface area contributed by atoms with Crippen LogP contribution in [0.15, 0.2) is 30.3 Å². The lowest BCUT2D eigenvalue weighted by Crippen LogP contribution is -2.08. The molecule has 0 fully saturated rings. The van der Waals surface area contributed by atoms with Crippen molar-refractivity contribution in [3.05, 3.63) is 46.5 Å². The first-order valence-electron chi connectivity index (χ1n) is 5.33. The number of carbonyl (C=O) groups excluding carboxylic acids is 1. The largest absolute Gasteiger partial charge is 0.461 e. The minimum absolute atomic E-state index is 0.334. The molecule has 0 radical (unpaired) electrons. The number of nitrogens with zero attached hydrogens (tertiary/aromatic N) is 2. The summed E-state index contributed by atoms with van der Waals surface area (Å²) in [6.45, 7) is 2.12. The first-order valence-corrected chi connectivity index (χ1v) is 6.11.